The Balaban J connectivity index is 1.41. The van der Waals surface area contributed by atoms with Crippen LogP contribution in [0.4, 0.5) is 0 Å². The molecule has 154 valence electrons. The zero-order chi connectivity index (χ0) is 19.6. The number of fused-ring (bicyclic) bond motifs is 2. The summed E-state index contributed by atoms with van der Waals surface area (Å²) in [6, 6.07) is 9.15. The summed E-state index contributed by atoms with van der Waals surface area (Å²) in [4.78, 5) is 15.1. The minimum absolute atomic E-state index is 0.198. The number of piperidine rings is 1. The van der Waals surface area contributed by atoms with Crippen LogP contribution in [-0.2, 0) is 14.9 Å². The molecule has 0 radical (unpaired) electrons. The lowest BCUT2D eigenvalue weighted by molar-refractivity contribution is -0.122. The van der Waals surface area contributed by atoms with E-state index in [2.05, 4.69) is 34.5 Å². The topological polar surface area (TPSA) is 41.6 Å². The van der Waals surface area contributed by atoms with Crippen molar-refractivity contribution in [2.45, 2.75) is 69.7 Å². The zero-order valence-electron chi connectivity index (χ0n) is 17.6. The number of benzene rings is 1. The van der Waals surface area contributed by atoms with E-state index < -0.39 is 0 Å². The van der Waals surface area contributed by atoms with Crippen molar-refractivity contribution < 1.29 is 9.53 Å². The van der Waals surface area contributed by atoms with Gasteiger partial charge in [-0.25, -0.2) is 0 Å². The Hall–Kier alpha value is -1.39. The van der Waals surface area contributed by atoms with Crippen LogP contribution >= 0.6 is 0 Å². The highest BCUT2D eigenvalue weighted by atomic mass is 16.5. The summed E-state index contributed by atoms with van der Waals surface area (Å²) in [5.41, 5.74) is 3.24. The molecule has 1 unspecified atom stereocenters. The Bertz CT molecular complexity index is 673. The third-order valence-corrected chi connectivity index (χ3v) is 7.16. The first-order valence-electron chi connectivity index (χ1n) is 11.2. The Morgan fingerprint density at radius 1 is 1.21 bits per heavy atom. The van der Waals surface area contributed by atoms with Crippen molar-refractivity contribution >= 4 is 5.91 Å². The van der Waals surface area contributed by atoms with E-state index >= 15 is 0 Å². The lowest BCUT2D eigenvalue weighted by Gasteiger charge is -2.42. The molecule has 1 amide bonds. The number of likely N-dealkylation sites (tertiary alicyclic amines) is 1. The van der Waals surface area contributed by atoms with Crippen LogP contribution in [0.3, 0.4) is 0 Å². The van der Waals surface area contributed by atoms with Gasteiger partial charge in [0, 0.05) is 32.2 Å². The average Bonchev–Trinajstić information content (AvgIpc) is 2.97. The van der Waals surface area contributed by atoms with E-state index in [0.717, 1.165) is 25.6 Å². The molecule has 2 fully saturated rings. The Morgan fingerprint density at radius 2 is 1.93 bits per heavy atom. The molecule has 0 saturated carbocycles. The molecule has 2 saturated heterocycles. The van der Waals surface area contributed by atoms with Crippen molar-refractivity contribution in [3.8, 4) is 0 Å². The molecular weight excluding hydrogens is 348 g/mol. The van der Waals surface area contributed by atoms with E-state index in [1.54, 1.807) is 0 Å². The number of nitrogens with one attached hydrogen (secondary N) is 1. The van der Waals surface area contributed by atoms with Gasteiger partial charge < -0.3 is 15.0 Å². The molecular formula is C24H36N2O2. The summed E-state index contributed by atoms with van der Waals surface area (Å²) in [7, 11) is 0. The molecule has 28 heavy (non-hydrogen) atoms. The maximum Gasteiger partial charge on any atom is 0.220 e. The second kappa shape index (κ2) is 8.54. The highest BCUT2D eigenvalue weighted by Crippen LogP contribution is 2.52. The summed E-state index contributed by atoms with van der Waals surface area (Å²) >= 11 is 0. The molecule has 4 rings (SSSR count). The van der Waals surface area contributed by atoms with Crippen LogP contribution in [0.25, 0.3) is 0 Å². The lowest BCUT2D eigenvalue weighted by atomic mass is 9.73. The zero-order valence-corrected chi connectivity index (χ0v) is 17.6. The predicted molar refractivity (Wildman–Crippen MR) is 113 cm³/mol. The van der Waals surface area contributed by atoms with Gasteiger partial charge in [-0.05, 0) is 87.4 Å². The molecule has 1 spiro atoms. The van der Waals surface area contributed by atoms with Crippen molar-refractivity contribution in [1.82, 2.24) is 10.2 Å². The van der Waals surface area contributed by atoms with Crippen LogP contribution < -0.4 is 5.32 Å². The fraction of sp³-hybridized carbons (Fsp3) is 0.708. The maximum atomic E-state index is 12.4. The summed E-state index contributed by atoms with van der Waals surface area (Å²) in [6.07, 6.45) is 6.67. The number of carbonyl (C=O) groups is 1. The highest BCUT2D eigenvalue weighted by molar-refractivity contribution is 5.77. The number of nitrogens with zero attached hydrogens (tertiary/aromatic N) is 1. The van der Waals surface area contributed by atoms with Gasteiger partial charge in [-0.1, -0.05) is 24.3 Å². The number of amides is 1. The SMILES string of the molecule is CC(C)NC(=O)CC1CC2(CCN(CC3CCOCC3)CC2)c2ccccc21. The summed E-state index contributed by atoms with van der Waals surface area (Å²) < 4.78 is 5.52. The second-order valence-corrected chi connectivity index (χ2v) is 9.55. The van der Waals surface area contributed by atoms with Gasteiger partial charge in [0.25, 0.3) is 0 Å². The van der Waals surface area contributed by atoms with Gasteiger partial charge in [0.05, 0.1) is 0 Å². The van der Waals surface area contributed by atoms with Crippen molar-refractivity contribution in [2.75, 3.05) is 32.8 Å². The van der Waals surface area contributed by atoms with Crippen molar-refractivity contribution in [3.05, 3.63) is 35.4 Å². The van der Waals surface area contributed by atoms with Crippen LogP contribution in [0.1, 0.15) is 69.4 Å². The van der Waals surface area contributed by atoms with Gasteiger partial charge in [-0.15, -0.1) is 0 Å². The quantitative estimate of drug-likeness (QED) is 0.838. The van der Waals surface area contributed by atoms with Crippen molar-refractivity contribution in [1.29, 1.82) is 0 Å². The van der Waals surface area contributed by atoms with Gasteiger partial charge in [0.15, 0.2) is 0 Å². The Labute approximate surface area is 170 Å². The summed E-state index contributed by atoms with van der Waals surface area (Å²) in [5, 5.41) is 3.09. The molecule has 0 bridgehead atoms. The van der Waals surface area contributed by atoms with Crippen LogP contribution in [-0.4, -0.2) is 49.7 Å². The predicted octanol–water partition coefficient (Wildman–Crippen LogP) is 3.85. The third kappa shape index (κ3) is 4.28. The average molecular weight is 385 g/mol. The molecule has 1 aliphatic carbocycles. The number of rotatable bonds is 5. The largest absolute Gasteiger partial charge is 0.381 e. The van der Waals surface area contributed by atoms with Gasteiger partial charge in [-0.3, -0.25) is 4.79 Å². The molecule has 3 aliphatic rings. The first kappa shape index (κ1) is 19.9. The Kier molecular flexibility index (Phi) is 6.07. The molecule has 4 nitrogen and oxygen atoms in total. The molecule has 1 aromatic rings. The maximum absolute atomic E-state index is 12.4. The highest BCUT2D eigenvalue weighted by Gasteiger charge is 2.45. The molecule has 1 aromatic carbocycles. The number of carbonyl (C=O) groups excluding carboxylic acids is 1. The summed E-state index contributed by atoms with van der Waals surface area (Å²) in [6.45, 7) is 9.58. The molecule has 2 aliphatic heterocycles. The molecule has 0 aromatic heterocycles. The minimum Gasteiger partial charge on any atom is -0.381 e. The number of hydrogen-bond acceptors (Lipinski definition) is 3. The van der Waals surface area contributed by atoms with Crippen LogP contribution in [0.2, 0.25) is 0 Å². The fourth-order valence-electron chi connectivity index (χ4n) is 5.75. The van der Waals surface area contributed by atoms with Gasteiger partial charge in [0.1, 0.15) is 0 Å². The number of hydrogen-bond donors (Lipinski definition) is 1. The Morgan fingerprint density at radius 3 is 2.64 bits per heavy atom. The van der Waals surface area contributed by atoms with Crippen LogP contribution in [0, 0.1) is 5.92 Å². The van der Waals surface area contributed by atoms with E-state index in [1.807, 2.05) is 13.8 Å². The van der Waals surface area contributed by atoms with Gasteiger partial charge in [-0.2, -0.15) is 0 Å². The molecule has 4 heteroatoms. The number of ether oxygens (including phenoxy) is 1. The van der Waals surface area contributed by atoms with E-state index in [1.165, 1.54) is 56.4 Å². The smallest absolute Gasteiger partial charge is 0.220 e. The first-order chi connectivity index (χ1) is 13.6. The first-order valence-corrected chi connectivity index (χ1v) is 11.2. The van der Waals surface area contributed by atoms with E-state index in [0.29, 0.717) is 12.3 Å². The molecule has 1 atom stereocenters. The monoisotopic (exact) mass is 384 g/mol. The fourth-order valence-corrected chi connectivity index (χ4v) is 5.75. The van der Waals surface area contributed by atoms with Crippen LogP contribution in [0.5, 0.6) is 0 Å². The van der Waals surface area contributed by atoms with Gasteiger partial charge >= 0.3 is 0 Å². The van der Waals surface area contributed by atoms with E-state index in [9.17, 15) is 4.79 Å². The van der Waals surface area contributed by atoms with Crippen LogP contribution in [0.15, 0.2) is 24.3 Å². The third-order valence-electron chi connectivity index (χ3n) is 7.16. The van der Waals surface area contributed by atoms with E-state index in [-0.39, 0.29) is 17.4 Å². The molecule has 2 heterocycles. The minimum atomic E-state index is 0.198. The second-order valence-electron chi connectivity index (χ2n) is 9.55. The summed E-state index contributed by atoms with van der Waals surface area (Å²) in [5.74, 6) is 1.38. The normalized spacial score (nSPS) is 25.2. The van der Waals surface area contributed by atoms with Gasteiger partial charge in [0.2, 0.25) is 5.91 Å². The van der Waals surface area contributed by atoms with Crippen molar-refractivity contribution in [3.63, 3.8) is 0 Å². The lowest BCUT2D eigenvalue weighted by Crippen LogP contribution is -2.44. The standard InChI is InChI=1S/C24H36N2O2/c1-18(2)25-23(27)15-20-16-24(22-6-4-3-5-21(20)22)9-11-26(12-10-24)17-19-7-13-28-14-8-19/h3-6,18-20H,7-17H2,1-2H3,(H,25,27). The van der Waals surface area contributed by atoms with E-state index in [4.69, 9.17) is 4.74 Å². The van der Waals surface area contributed by atoms with Crippen molar-refractivity contribution in [2.24, 2.45) is 5.92 Å². The molecule has 1 N–H and O–H groups in total.